The van der Waals surface area contributed by atoms with E-state index in [0.29, 0.717) is 12.1 Å². The predicted molar refractivity (Wildman–Crippen MR) is 96.3 cm³/mol. The van der Waals surface area contributed by atoms with Crippen molar-refractivity contribution in [3.63, 3.8) is 0 Å². The molecule has 0 aliphatic carbocycles. The maximum atomic E-state index is 12.1. The van der Waals surface area contributed by atoms with Crippen molar-refractivity contribution in [2.75, 3.05) is 11.9 Å². The fraction of sp³-hybridized carbons (Fsp3) is 0.278. The van der Waals surface area contributed by atoms with E-state index in [1.54, 1.807) is 29.5 Å². The van der Waals surface area contributed by atoms with Crippen LogP contribution in [0.2, 0.25) is 0 Å². The van der Waals surface area contributed by atoms with Crippen molar-refractivity contribution in [1.29, 1.82) is 0 Å². The van der Waals surface area contributed by atoms with E-state index in [4.69, 9.17) is 0 Å². The second kappa shape index (κ2) is 7.94. The summed E-state index contributed by atoms with van der Waals surface area (Å²) in [4.78, 5) is 37.7. The minimum atomic E-state index is -0.381. The van der Waals surface area contributed by atoms with Crippen molar-refractivity contribution >= 4 is 34.9 Å². The summed E-state index contributed by atoms with van der Waals surface area (Å²) >= 11 is 1.70. The monoisotopic (exact) mass is 357 g/mol. The molecule has 7 heteroatoms. The molecule has 0 radical (unpaired) electrons. The molecule has 130 valence electrons. The molecule has 2 heterocycles. The number of carbonyl (C=O) groups excluding carboxylic acids is 3. The number of thiophene rings is 1. The summed E-state index contributed by atoms with van der Waals surface area (Å²) in [7, 11) is 0. The van der Waals surface area contributed by atoms with Crippen LogP contribution in [0.15, 0.2) is 41.8 Å². The van der Waals surface area contributed by atoms with Gasteiger partial charge < -0.3 is 10.6 Å². The average molecular weight is 357 g/mol. The zero-order valence-electron chi connectivity index (χ0n) is 13.7. The highest BCUT2D eigenvalue weighted by Gasteiger charge is 2.28. The summed E-state index contributed by atoms with van der Waals surface area (Å²) < 4.78 is 0. The lowest BCUT2D eigenvalue weighted by molar-refractivity contribution is -0.125. The van der Waals surface area contributed by atoms with Gasteiger partial charge in [0.2, 0.25) is 11.8 Å². The van der Waals surface area contributed by atoms with Crippen LogP contribution >= 0.6 is 11.3 Å². The number of nitrogens with one attached hydrogen (secondary N) is 2. The number of benzene rings is 1. The topological polar surface area (TPSA) is 78.5 Å². The lowest BCUT2D eigenvalue weighted by Crippen LogP contribution is -2.30. The average Bonchev–Trinajstić information content (AvgIpc) is 3.21. The first-order valence-corrected chi connectivity index (χ1v) is 8.99. The number of carbonyl (C=O) groups is 3. The van der Waals surface area contributed by atoms with Gasteiger partial charge in [-0.1, -0.05) is 18.2 Å². The molecular weight excluding hydrogens is 338 g/mol. The van der Waals surface area contributed by atoms with Crippen molar-refractivity contribution in [2.24, 2.45) is 0 Å². The van der Waals surface area contributed by atoms with Gasteiger partial charge in [0.05, 0.1) is 13.1 Å². The van der Waals surface area contributed by atoms with Crippen LogP contribution in [0.5, 0.6) is 0 Å². The second-order valence-electron chi connectivity index (χ2n) is 5.82. The third kappa shape index (κ3) is 4.67. The Balaban J connectivity index is 1.51. The molecule has 1 aromatic heterocycles. The number of hydrogen-bond donors (Lipinski definition) is 2. The number of hydrogen-bond acceptors (Lipinski definition) is 4. The van der Waals surface area contributed by atoms with Gasteiger partial charge in [-0.2, -0.15) is 0 Å². The maximum Gasteiger partial charge on any atom is 0.324 e. The fourth-order valence-corrected chi connectivity index (χ4v) is 3.40. The van der Waals surface area contributed by atoms with E-state index in [1.165, 1.54) is 9.78 Å². The zero-order valence-corrected chi connectivity index (χ0v) is 14.5. The van der Waals surface area contributed by atoms with Gasteiger partial charge in [0.15, 0.2) is 0 Å². The van der Waals surface area contributed by atoms with Crippen molar-refractivity contribution in [2.45, 2.75) is 25.8 Å². The van der Waals surface area contributed by atoms with Crippen LogP contribution < -0.4 is 10.6 Å². The van der Waals surface area contributed by atoms with Crippen LogP contribution in [0.1, 0.15) is 23.3 Å². The highest BCUT2D eigenvalue weighted by Crippen LogP contribution is 2.16. The number of nitrogens with zero attached hydrogens (tertiary/aromatic N) is 1. The number of anilines is 1. The molecule has 1 aliphatic heterocycles. The lowest BCUT2D eigenvalue weighted by Gasteiger charge is -2.13. The van der Waals surface area contributed by atoms with Crippen LogP contribution in [0, 0.1) is 0 Å². The Bertz CT molecular complexity index is 758. The second-order valence-corrected chi connectivity index (χ2v) is 6.85. The van der Waals surface area contributed by atoms with Crippen molar-refractivity contribution in [1.82, 2.24) is 10.2 Å². The quantitative estimate of drug-likeness (QED) is 0.748. The van der Waals surface area contributed by atoms with E-state index in [1.807, 2.05) is 17.5 Å². The number of amides is 4. The van der Waals surface area contributed by atoms with Crippen molar-refractivity contribution in [3.8, 4) is 0 Å². The summed E-state index contributed by atoms with van der Waals surface area (Å²) in [6, 6.07) is 10.9. The smallest absolute Gasteiger partial charge is 0.324 e. The Hall–Kier alpha value is -2.67. The normalized spacial score (nSPS) is 13.8. The van der Waals surface area contributed by atoms with E-state index >= 15 is 0 Å². The molecule has 6 nitrogen and oxygen atoms in total. The van der Waals surface area contributed by atoms with Crippen LogP contribution in [-0.2, 0) is 22.6 Å². The Labute approximate surface area is 149 Å². The van der Waals surface area contributed by atoms with Gasteiger partial charge in [0.25, 0.3) is 0 Å². The molecule has 1 aromatic carbocycles. The van der Waals surface area contributed by atoms with Crippen LogP contribution in [-0.4, -0.2) is 29.3 Å². The van der Waals surface area contributed by atoms with Gasteiger partial charge in [-0.05, 0) is 42.0 Å². The number of imide groups is 1. The molecule has 3 rings (SSSR count). The first kappa shape index (κ1) is 17.2. The molecule has 2 aromatic rings. The van der Waals surface area contributed by atoms with E-state index in [9.17, 15) is 14.4 Å². The minimum Gasteiger partial charge on any atom is -0.329 e. The minimum absolute atomic E-state index is 0.0382. The highest BCUT2D eigenvalue weighted by atomic mass is 32.1. The van der Waals surface area contributed by atoms with E-state index in [0.717, 1.165) is 18.4 Å². The largest absolute Gasteiger partial charge is 0.329 e. The molecule has 2 N–H and O–H groups in total. The molecule has 0 spiro atoms. The number of urea groups is 1. The lowest BCUT2D eigenvalue weighted by atomic mass is 10.1. The summed E-state index contributed by atoms with van der Waals surface area (Å²) in [6.45, 7) is 0.242. The first-order chi connectivity index (χ1) is 12.1. The molecule has 1 saturated heterocycles. The predicted octanol–water partition coefficient (Wildman–Crippen LogP) is 2.76. The summed E-state index contributed by atoms with van der Waals surface area (Å²) in [5.74, 6) is -0.281. The van der Waals surface area contributed by atoms with E-state index in [2.05, 4.69) is 16.7 Å². The van der Waals surface area contributed by atoms with Crippen molar-refractivity contribution < 1.29 is 14.4 Å². The standard InChI is InChI=1S/C18H19N3O3S/c22-16(8-2-6-15-7-3-9-25-15)20-14-5-1-4-13(10-14)12-21-17(23)11-19-18(21)24/h1,3-5,7,9-10H,2,6,8,11-12H2,(H,19,24)(H,20,22). The van der Waals surface area contributed by atoms with E-state index < -0.39 is 0 Å². The third-order valence-corrected chi connectivity index (χ3v) is 4.83. The first-order valence-electron chi connectivity index (χ1n) is 8.11. The number of aryl methyl sites for hydroxylation is 1. The van der Waals surface area contributed by atoms with Crippen LogP contribution in [0.4, 0.5) is 10.5 Å². The summed E-state index contributed by atoms with van der Waals surface area (Å²) in [5.41, 5.74) is 1.47. The zero-order chi connectivity index (χ0) is 17.6. The molecule has 0 saturated carbocycles. The molecule has 25 heavy (non-hydrogen) atoms. The Morgan fingerprint density at radius 2 is 2.12 bits per heavy atom. The summed E-state index contributed by atoms with van der Waals surface area (Å²) in [5, 5.41) is 7.39. The molecule has 0 unspecified atom stereocenters. The van der Waals surface area contributed by atoms with Gasteiger partial charge in [-0.3, -0.25) is 14.5 Å². The van der Waals surface area contributed by atoms with Gasteiger partial charge in [0.1, 0.15) is 0 Å². The van der Waals surface area contributed by atoms with Gasteiger partial charge in [0, 0.05) is 17.0 Å². The molecule has 0 atom stereocenters. The van der Waals surface area contributed by atoms with Gasteiger partial charge in [-0.15, -0.1) is 11.3 Å². The maximum absolute atomic E-state index is 12.1. The third-order valence-electron chi connectivity index (χ3n) is 3.90. The van der Waals surface area contributed by atoms with Crippen LogP contribution in [0.3, 0.4) is 0 Å². The molecule has 1 aliphatic rings. The van der Waals surface area contributed by atoms with Gasteiger partial charge >= 0.3 is 6.03 Å². The Morgan fingerprint density at radius 1 is 1.24 bits per heavy atom. The Kier molecular flexibility index (Phi) is 5.45. The fourth-order valence-electron chi connectivity index (χ4n) is 2.65. The van der Waals surface area contributed by atoms with Gasteiger partial charge in [-0.25, -0.2) is 4.79 Å². The van der Waals surface area contributed by atoms with Crippen LogP contribution in [0.25, 0.3) is 0 Å². The molecule has 4 amide bonds. The van der Waals surface area contributed by atoms with E-state index in [-0.39, 0.29) is 30.9 Å². The highest BCUT2D eigenvalue weighted by molar-refractivity contribution is 7.09. The SMILES string of the molecule is O=C(CCCc1cccs1)Nc1cccc(CN2C(=O)CNC2=O)c1. The number of rotatable bonds is 7. The Morgan fingerprint density at radius 3 is 2.84 bits per heavy atom. The van der Waals surface area contributed by atoms with Crippen molar-refractivity contribution in [3.05, 3.63) is 52.2 Å². The summed E-state index contributed by atoms with van der Waals surface area (Å²) in [6.07, 6.45) is 2.15. The molecule has 0 bridgehead atoms. The molecule has 1 fully saturated rings. The molecular formula is C18H19N3O3S.